The molecule has 0 bridgehead atoms. The molecule has 1 N–H and O–H groups in total. The van der Waals surface area contributed by atoms with Crippen LogP contribution in [0.5, 0.6) is 5.75 Å². The number of carbonyl (C=O) groups is 1. The number of anilines is 1. The quantitative estimate of drug-likeness (QED) is 0.513. The first-order valence-electron chi connectivity index (χ1n) is 10.7. The van der Waals surface area contributed by atoms with Crippen molar-refractivity contribution in [2.24, 2.45) is 0 Å². The van der Waals surface area contributed by atoms with Crippen molar-refractivity contribution in [3.05, 3.63) is 90.0 Å². The summed E-state index contributed by atoms with van der Waals surface area (Å²) in [6.07, 6.45) is 6.04. The van der Waals surface area contributed by atoms with E-state index in [0.29, 0.717) is 0 Å². The van der Waals surface area contributed by atoms with E-state index in [-0.39, 0.29) is 5.91 Å². The Hall–Kier alpha value is -3.37. The molecule has 4 nitrogen and oxygen atoms in total. The number of carbonyl (C=O) groups excluding carboxylic acids is 1. The number of nitrogens with zero attached hydrogens (tertiary/aromatic N) is 1. The second-order valence-corrected chi connectivity index (χ2v) is 7.85. The molecule has 4 heteroatoms. The molecule has 1 heterocycles. The lowest BCUT2D eigenvalue weighted by molar-refractivity contribution is -0.111. The van der Waals surface area contributed by atoms with Crippen LogP contribution in [0.1, 0.15) is 24.0 Å². The van der Waals surface area contributed by atoms with Crippen molar-refractivity contribution in [1.82, 2.24) is 4.90 Å². The highest BCUT2D eigenvalue weighted by molar-refractivity contribution is 6.02. The fraction of sp³-hybridized carbons (Fsp3) is 0.222. The van der Waals surface area contributed by atoms with Gasteiger partial charge >= 0.3 is 0 Å². The zero-order valence-electron chi connectivity index (χ0n) is 17.9. The molecule has 0 saturated carbocycles. The minimum absolute atomic E-state index is 0.140. The van der Waals surface area contributed by atoms with Gasteiger partial charge in [-0.15, -0.1) is 0 Å². The Morgan fingerprint density at radius 2 is 1.52 bits per heavy atom. The third kappa shape index (κ3) is 5.83. The fourth-order valence-corrected chi connectivity index (χ4v) is 3.82. The molecule has 1 aliphatic heterocycles. The molecule has 3 aromatic rings. The molecule has 4 rings (SSSR count). The van der Waals surface area contributed by atoms with Crippen LogP contribution >= 0.6 is 0 Å². The second-order valence-electron chi connectivity index (χ2n) is 7.85. The Bertz CT molecular complexity index is 1020. The van der Waals surface area contributed by atoms with Crippen molar-refractivity contribution in [3.63, 3.8) is 0 Å². The van der Waals surface area contributed by atoms with E-state index < -0.39 is 0 Å². The summed E-state index contributed by atoms with van der Waals surface area (Å²) in [5.74, 6) is 0.694. The van der Waals surface area contributed by atoms with E-state index in [0.717, 1.165) is 34.7 Å². The van der Waals surface area contributed by atoms with Crippen LogP contribution < -0.4 is 10.1 Å². The van der Waals surface area contributed by atoms with Gasteiger partial charge in [0.15, 0.2) is 0 Å². The lowest BCUT2D eigenvalue weighted by Crippen LogP contribution is -2.18. The maximum Gasteiger partial charge on any atom is 0.248 e. The molecule has 1 aliphatic rings. The SMILES string of the molecule is COc1ccc(-c2ccc(NC(=O)/C=C/c3ccc(CN4CCCC4)cc3)cc2)cc1. The number of hydrogen-bond donors (Lipinski definition) is 1. The van der Waals surface area contributed by atoms with Gasteiger partial charge in [-0.25, -0.2) is 0 Å². The number of amides is 1. The summed E-state index contributed by atoms with van der Waals surface area (Å²) >= 11 is 0. The van der Waals surface area contributed by atoms with Crippen molar-refractivity contribution >= 4 is 17.7 Å². The zero-order valence-corrected chi connectivity index (χ0v) is 17.9. The first-order chi connectivity index (χ1) is 15.2. The Balaban J connectivity index is 1.31. The molecule has 1 amide bonds. The lowest BCUT2D eigenvalue weighted by Gasteiger charge is -2.14. The Labute approximate surface area is 184 Å². The largest absolute Gasteiger partial charge is 0.497 e. The standard InChI is InChI=1S/C27H28N2O2/c1-31-26-15-11-24(12-16-26)23-9-13-25(14-10-23)28-27(30)17-8-21-4-6-22(7-5-21)20-29-18-2-3-19-29/h4-17H,2-3,18-20H2,1H3,(H,28,30)/b17-8+. The Morgan fingerprint density at radius 3 is 2.13 bits per heavy atom. The summed E-state index contributed by atoms with van der Waals surface area (Å²) in [4.78, 5) is 14.8. The van der Waals surface area contributed by atoms with Crippen molar-refractivity contribution in [3.8, 4) is 16.9 Å². The average Bonchev–Trinajstić information content (AvgIpc) is 3.32. The summed E-state index contributed by atoms with van der Waals surface area (Å²) in [7, 11) is 1.66. The number of hydrogen-bond acceptors (Lipinski definition) is 3. The Kier molecular flexibility index (Phi) is 6.80. The van der Waals surface area contributed by atoms with Gasteiger partial charge < -0.3 is 10.1 Å². The predicted molar refractivity (Wildman–Crippen MR) is 127 cm³/mol. The third-order valence-corrected chi connectivity index (χ3v) is 5.59. The van der Waals surface area contributed by atoms with Crippen LogP contribution in [0.3, 0.4) is 0 Å². The van der Waals surface area contributed by atoms with Gasteiger partial charge in [-0.3, -0.25) is 9.69 Å². The molecular formula is C27H28N2O2. The van der Waals surface area contributed by atoms with Crippen LogP contribution in [0, 0.1) is 0 Å². The molecular weight excluding hydrogens is 384 g/mol. The van der Waals surface area contributed by atoms with E-state index in [1.165, 1.54) is 31.5 Å². The van der Waals surface area contributed by atoms with Crippen molar-refractivity contribution < 1.29 is 9.53 Å². The van der Waals surface area contributed by atoms with Crippen LogP contribution in [0.4, 0.5) is 5.69 Å². The lowest BCUT2D eigenvalue weighted by atomic mass is 10.1. The van der Waals surface area contributed by atoms with E-state index in [1.807, 2.05) is 54.6 Å². The maximum absolute atomic E-state index is 12.3. The number of ether oxygens (including phenoxy) is 1. The van der Waals surface area contributed by atoms with Gasteiger partial charge in [-0.1, -0.05) is 48.5 Å². The highest BCUT2D eigenvalue weighted by atomic mass is 16.5. The second kappa shape index (κ2) is 10.1. The van der Waals surface area contributed by atoms with Crippen LogP contribution in [0.2, 0.25) is 0 Å². The highest BCUT2D eigenvalue weighted by Gasteiger charge is 2.11. The van der Waals surface area contributed by atoms with E-state index in [1.54, 1.807) is 13.2 Å². The summed E-state index contributed by atoms with van der Waals surface area (Å²) in [5, 5.41) is 2.92. The summed E-state index contributed by atoms with van der Waals surface area (Å²) in [5.41, 5.74) is 5.31. The van der Waals surface area contributed by atoms with E-state index in [9.17, 15) is 4.79 Å². The van der Waals surface area contributed by atoms with Crippen molar-refractivity contribution in [1.29, 1.82) is 0 Å². The molecule has 0 unspecified atom stereocenters. The molecule has 158 valence electrons. The van der Waals surface area contributed by atoms with Gasteiger partial charge in [0.05, 0.1) is 7.11 Å². The van der Waals surface area contributed by atoms with Crippen LogP contribution in [-0.4, -0.2) is 31.0 Å². The van der Waals surface area contributed by atoms with E-state index >= 15 is 0 Å². The van der Waals surface area contributed by atoms with Crippen molar-refractivity contribution in [2.75, 3.05) is 25.5 Å². The van der Waals surface area contributed by atoms with Crippen LogP contribution in [0.15, 0.2) is 78.9 Å². The molecule has 31 heavy (non-hydrogen) atoms. The first kappa shape index (κ1) is 20.9. The number of likely N-dealkylation sites (tertiary alicyclic amines) is 1. The minimum atomic E-state index is -0.140. The van der Waals surface area contributed by atoms with Crippen LogP contribution in [-0.2, 0) is 11.3 Å². The van der Waals surface area contributed by atoms with Gasteiger partial charge in [-0.2, -0.15) is 0 Å². The molecule has 1 saturated heterocycles. The van der Waals surface area contributed by atoms with Gasteiger partial charge in [-0.05, 0) is 78.5 Å². The average molecular weight is 413 g/mol. The zero-order chi connectivity index (χ0) is 21.5. The molecule has 0 atom stereocenters. The summed E-state index contributed by atoms with van der Waals surface area (Å²) in [6, 6.07) is 24.2. The molecule has 0 aliphatic carbocycles. The van der Waals surface area contributed by atoms with Gasteiger partial charge in [0.1, 0.15) is 5.75 Å². The van der Waals surface area contributed by atoms with E-state index in [4.69, 9.17) is 4.74 Å². The normalized spacial score (nSPS) is 14.1. The minimum Gasteiger partial charge on any atom is -0.497 e. The number of methoxy groups -OCH3 is 1. The number of nitrogens with one attached hydrogen (secondary N) is 1. The maximum atomic E-state index is 12.3. The number of benzene rings is 3. The molecule has 0 aromatic heterocycles. The monoisotopic (exact) mass is 412 g/mol. The predicted octanol–water partition coefficient (Wildman–Crippen LogP) is 5.61. The Morgan fingerprint density at radius 1 is 0.903 bits per heavy atom. The molecule has 1 fully saturated rings. The first-order valence-corrected chi connectivity index (χ1v) is 10.7. The number of rotatable bonds is 7. The third-order valence-electron chi connectivity index (χ3n) is 5.59. The molecule has 0 radical (unpaired) electrons. The van der Waals surface area contributed by atoms with E-state index in [2.05, 4.69) is 34.5 Å². The summed E-state index contributed by atoms with van der Waals surface area (Å²) < 4.78 is 5.20. The fourth-order valence-electron chi connectivity index (χ4n) is 3.82. The molecule has 0 spiro atoms. The van der Waals surface area contributed by atoms with Crippen molar-refractivity contribution in [2.45, 2.75) is 19.4 Å². The topological polar surface area (TPSA) is 41.6 Å². The molecule has 3 aromatic carbocycles. The summed E-state index contributed by atoms with van der Waals surface area (Å²) in [6.45, 7) is 3.41. The van der Waals surface area contributed by atoms with Gasteiger partial charge in [0.2, 0.25) is 5.91 Å². The van der Waals surface area contributed by atoms with Gasteiger partial charge in [0, 0.05) is 18.3 Å². The smallest absolute Gasteiger partial charge is 0.248 e. The van der Waals surface area contributed by atoms with Gasteiger partial charge in [0.25, 0.3) is 0 Å². The van der Waals surface area contributed by atoms with Crippen LogP contribution in [0.25, 0.3) is 17.2 Å². The highest BCUT2D eigenvalue weighted by Crippen LogP contribution is 2.24.